The Morgan fingerprint density at radius 2 is 1.95 bits per heavy atom. The van der Waals surface area contributed by atoms with Crippen molar-refractivity contribution in [2.24, 2.45) is 0 Å². The summed E-state index contributed by atoms with van der Waals surface area (Å²) in [6.45, 7) is 7.52. The Labute approximate surface area is 133 Å². The van der Waals surface area contributed by atoms with Crippen molar-refractivity contribution in [3.63, 3.8) is 0 Å². The highest BCUT2D eigenvalue weighted by Crippen LogP contribution is 2.32. The Bertz CT molecular complexity index is 664. The molecule has 0 aliphatic heterocycles. The lowest BCUT2D eigenvalue weighted by Gasteiger charge is -2.15. The zero-order valence-corrected chi connectivity index (χ0v) is 14.4. The van der Waals surface area contributed by atoms with E-state index in [2.05, 4.69) is 24.6 Å². The molecule has 0 fully saturated rings. The van der Waals surface area contributed by atoms with E-state index in [1.165, 1.54) is 6.07 Å². The fourth-order valence-corrected chi connectivity index (χ4v) is 2.92. The van der Waals surface area contributed by atoms with E-state index in [-0.39, 0.29) is 17.5 Å². The molecule has 8 heteroatoms. The number of nitrogens with zero attached hydrogens (tertiary/aromatic N) is 2. The molecule has 0 N–H and O–H groups in total. The average Bonchev–Trinajstić information content (AvgIpc) is 2.67. The number of hydrogen-bond donors (Lipinski definition) is 0. The summed E-state index contributed by atoms with van der Waals surface area (Å²) in [5.41, 5.74) is 0.0144. The average molecular weight is 351 g/mol. The molecule has 1 heterocycles. The molecule has 2 aromatic rings. The molecule has 0 aliphatic carbocycles. The zero-order valence-electron chi connectivity index (χ0n) is 12.7. The van der Waals surface area contributed by atoms with Crippen LogP contribution >= 0.6 is 11.6 Å². The van der Waals surface area contributed by atoms with Gasteiger partial charge in [0.25, 0.3) is 0 Å². The number of alkyl halides is 3. The molecule has 1 aromatic heterocycles. The lowest BCUT2D eigenvalue weighted by Crippen LogP contribution is -2.22. The predicted octanol–water partition coefficient (Wildman–Crippen LogP) is 5.02. The van der Waals surface area contributed by atoms with E-state index in [1.54, 1.807) is 4.57 Å². The van der Waals surface area contributed by atoms with Gasteiger partial charge in [0.1, 0.15) is 6.73 Å². The van der Waals surface area contributed by atoms with Crippen LogP contribution in [0.4, 0.5) is 13.2 Å². The maximum atomic E-state index is 12.7. The van der Waals surface area contributed by atoms with Gasteiger partial charge in [-0.15, -0.1) is 0 Å². The highest BCUT2D eigenvalue weighted by Gasteiger charge is 2.31. The molecule has 22 heavy (non-hydrogen) atoms. The van der Waals surface area contributed by atoms with E-state index in [0.29, 0.717) is 12.1 Å². The summed E-state index contributed by atoms with van der Waals surface area (Å²) in [7, 11) is -1.18. The van der Waals surface area contributed by atoms with Crippen LogP contribution in [0.25, 0.3) is 11.0 Å². The van der Waals surface area contributed by atoms with Gasteiger partial charge in [-0.05, 0) is 35.8 Å². The largest absolute Gasteiger partial charge is 0.416 e. The van der Waals surface area contributed by atoms with Gasteiger partial charge in [-0.3, -0.25) is 4.57 Å². The van der Waals surface area contributed by atoms with Gasteiger partial charge in [0.15, 0.2) is 0 Å². The molecule has 0 saturated heterocycles. The SMILES string of the molecule is C[Si](C)(C)CCOCn1c(Cl)nc2cc(C(F)(F)F)ccc21. The van der Waals surface area contributed by atoms with Crippen molar-refractivity contribution in [2.45, 2.75) is 38.6 Å². The number of halogens is 4. The van der Waals surface area contributed by atoms with E-state index in [1.807, 2.05) is 0 Å². The second kappa shape index (κ2) is 6.21. The molecule has 0 spiro atoms. The Balaban J connectivity index is 2.15. The summed E-state index contributed by atoms with van der Waals surface area (Å²) in [6.07, 6.45) is -4.39. The fraction of sp³-hybridized carbons (Fsp3) is 0.500. The molecule has 0 unspecified atom stereocenters. The Kier molecular flexibility index (Phi) is 4.89. The van der Waals surface area contributed by atoms with Gasteiger partial charge < -0.3 is 4.74 Å². The van der Waals surface area contributed by atoms with Crippen LogP contribution in [0, 0.1) is 0 Å². The van der Waals surface area contributed by atoms with Crippen molar-refractivity contribution in [2.75, 3.05) is 6.61 Å². The molecule has 0 bridgehead atoms. The molecule has 0 amide bonds. The highest BCUT2D eigenvalue weighted by molar-refractivity contribution is 6.76. The first-order valence-corrected chi connectivity index (χ1v) is 11.0. The maximum absolute atomic E-state index is 12.7. The number of fused-ring (bicyclic) bond motifs is 1. The molecule has 3 nitrogen and oxygen atoms in total. The molecule has 122 valence electrons. The smallest absolute Gasteiger partial charge is 0.361 e. The van der Waals surface area contributed by atoms with Crippen LogP contribution in [-0.4, -0.2) is 24.2 Å². The van der Waals surface area contributed by atoms with Gasteiger partial charge in [0.05, 0.1) is 16.6 Å². The Morgan fingerprint density at radius 3 is 2.55 bits per heavy atom. The lowest BCUT2D eigenvalue weighted by molar-refractivity contribution is -0.137. The standard InChI is InChI=1S/C14H18ClF3N2OSi/c1-22(2,3)7-6-21-9-20-12-5-4-10(14(16,17)18)8-11(12)19-13(20)15/h4-5,8H,6-7,9H2,1-3H3. The first kappa shape index (κ1) is 17.3. The summed E-state index contributed by atoms with van der Waals surface area (Å²) in [5, 5.41) is 0.127. The van der Waals surface area contributed by atoms with E-state index in [9.17, 15) is 13.2 Å². The summed E-state index contributed by atoms with van der Waals surface area (Å²) in [5.74, 6) is 0. The van der Waals surface area contributed by atoms with Crippen LogP contribution in [0.15, 0.2) is 18.2 Å². The third-order valence-electron chi connectivity index (χ3n) is 3.25. The van der Waals surface area contributed by atoms with Gasteiger partial charge >= 0.3 is 6.18 Å². The number of aromatic nitrogens is 2. The number of imidazole rings is 1. The number of benzene rings is 1. The Morgan fingerprint density at radius 1 is 1.27 bits per heavy atom. The van der Waals surface area contributed by atoms with Crippen molar-refractivity contribution in [3.8, 4) is 0 Å². The number of ether oxygens (including phenoxy) is 1. The van der Waals surface area contributed by atoms with Crippen LogP contribution < -0.4 is 0 Å². The van der Waals surface area contributed by atoms with Crippen LogP contribution in [0.1, 0.15) is 5.56 Å². The minimum Gasteiger partial charge on any atom is -0.361 e. The van der Waals surface area contributed by atoms with Crippen LogP contribution in [0.3, 0.4) is 0 Å². The molecule has 0 atom stereocenters. The summed E-state index contributed by atoms with van der Waals surface area (Å²) in [6, 6.07) is 4.41. The second-order valence-electron chi connectivity index (χ2n) is 6.36. The van der Waals surface area contributed by atoms with Crippen molar-refractivity contribution < 1.29 is 17.9 Å². The van der Waals surface area contributed by atoms with Crippen molar-refractivity contribution in [1.29, 1.82) is 0 Å². The maximum Gasteiger partial charge on any atom is 0.416 e. The molecular formula is C14H18ClF3N2OSi. The van der Waals surface area contributed by atoms with Gasteiger partial charge in [0.2, 0.25) is 5.28 Å². The summed E-state index contributed by atoms with van der Waals surface area (Å²) < 4.78 is 45.2. The van der Waals surface area contributed by atoms with Crippen LogP contribution in [-0.2, 0) is 17.6 Å². The van der Waals surface area contributed by atoms with Gasteiger partial charge in [-0.1, -0.05) is 19.6 Å². The minimum absolute atomic E-state index is 0.127. The predicted molar refractivity (Wildman–Crippen MR) is 83.9 cm³/mol. The van der Waals surface area contributed by atoms with Gasteiger partial charge in [-0.25, -0.2) is 4.98 Å². The van der Waals surface area contributed by atoms with Crippen molar-refractivity contribution in [1.82, 2.24) is 9.55 Å². The third-order valence-corrected chi connectivity index (χ3v) is 5.24. The molecule has 0 saturated carbocycles. The molecule has 2 rings (SSSR count). The number of rotatable bonds is 5. The van der Waals surface area contributed by atoms with Crippen molar-refractivity contribution in [3.05, 3.63) is 29.0 Å². The summed E-state index contributed by atoms with van der Waals surface area (Å²) in [4.78, 5) is 3.97. The van der Waals surface area contributed by atoms with Crippen LogP contribution in [0.2, 0.25) is 31.0 Å². The zero-order chi connectivity index (χ0) is 16.5. The number of hydrogen-bond acceptors (Lipinski definition) is 2. The van der Waals surface area contributed by atoms with E-state index >= 15 is 0 Å². The first-order valence-electron chi connectivity index (χ1n) is 6.89. The minimum atomic E-state index is -4.39. The monoisotopic (exact) mass is 350 g/mol. The fourth-order valence-electron chi connectivity index (χ4n) is 1.93. The third kappa shape index (κ3) is 4.24. The highest BCUT2D eigenvalue weighted by atomic mass is 35.5. The van der Waals surface area contributed by atoms with Crippen LogP contribution in [0.5, 0.6) is 0 Å². The lowest BCUT2D eigenvalue weighted by atomic mass is 10.2. The van der Waals surface area contributed by atoms with E-state index in [0.717, 1.165) is 18.2 Å². The van der Waals surface area contributed by atoms with Gasteiger partial charge in [-0.2, -0.15) is 13.2 Å². The molecular weight excluding hydrogens is 333 g/mol. The normalized spacial score (nSPS) is 13.0. The first-order chi connectivity index (χ1) is 10.1. The Hall–Kier alpha value is -1.05. The van der Waals surface area contributed by atoms with E-state index < -0.39 is 19.8 Å². The molecule has 0 aliphatic rings. The molecule has 0 radical (unpaired) electrons. The van der Waals surface area contributed by atoms with Crippen molar-refractivity contribution >= 4 is 30.7 Å². The van der Waals surface area contributed by atoms with E-state index in [4.69, 9.17) is 16.3 Å². The van der Waals surface area contributed by atoms with Gasteiger partial charge in [0, 0.05) is 14.7 Å². The second-order valence-corrected chi connectivity index (χ2v) is 12.3. The quantitative estimate of drug-likeness (QED) is 0.559. The summed E-state index contributed by atoms with van der Waals surface area (Å²) >= 11 is 6.00. The topological polar surface area (TPSA) is 27.1 Å². The molecule has 1 aromatic carbocycles.